The van der Waals surface area contributed by atoms with Crippen LogP contribution in [0.5, 0.6) is 0 Å². The first-order chi connectivity index (χ1) is 10.1. The molecule has 1 aromatic heterocycles. The Morgan fingerprint density at radius 2 is 2.19 bits per heavy atom. The fourth-order valence-corrected chi connectivity index (χ4v) is 3.13. The van der Waals surface area contributed by atoms with Gasteiger partial charge in [-0.1, -0.05) is 12.1 Å². The first kappa shape index (κ1) is 14.1. The van der Waals surface area contributed by atoms with E-state index in [-0.39, 0.29) is 24.5 Å². The summed E-state index contributed by atoms with van der Waals surface area (Å²) in [6.45, 7) is 4.92. The zero-order chi connectivity index (χ0) is 15.0. The third kappa shape index (κ3) is 2.68. The summed E-state index contributed by atoms with van der Waals surface area (Å²) in [5.41, 5.74) is 2.82. The van der Waals surface area contributed by atoms with Crippen LogP contribution in [0.2, 0.25) is 0 Å². The second-order valence-electron chi connectivity index (χ2n) is 6.21. The maximum Gasteiger partial charge on any atom is 0.270 e. The first-order valence-electron chi connectivity index (χ1n) is 7.59. The second kappa shape index (κ2) is 5.53. The van der Waals surface area contributed by atoms with Crippen molar-refractivity contribution in [2.24, 2.45) is 5.92 Å². The number of H-pyrrole nitrogens is 1. The van der Waals surface area contributed by atoms with Crippen molar-refractivity contribution in [2.75, 3.05) is 13.2 Å². The summed E-state index contributed by atoms with van der Waals surface area (Å²) in [7, 11) is 0. The number of nitrogens with zero attached hydrogens (tertiary/aromatic N) is 1. The third-order valence-electron chi connectivity index (χ3n) is 4.51. The molecule has 21 heavy (non-hydrogen) atoms. The van der Waals surface area contributed by atoms with Gasteiger partial charge in [-0.25, -0.2) is 0 Å². The molecule has 1 aliphatic heterocycles. The number of piperidine rings is 1. The predicted octanol–water partition coefficient (Wildman–Crippen LogP) is 2.71. The molecule has 0 aliphatic carbocycles. The van der Waals surface area contributed by atoms with E-state index in [2.05, 4.69) is 24.0 Å². The lowest BCUT2D eigenvalue weighted by Crippen LogP contribution is -2.46. The van der Waals surface area contributed by atoms with Gasteiger partial charge >= 0.3 is 0 Å². The largest absolute Gasteiger partial charge is 0.396 e. The average Bonchev–Trinajstić information content (AvgIpc) is 2.90. The number of aromatic amines is 1. The average molecular weight is 286 g/mol. The van der Waals surface area contributed by atoms with Crippen LogP contribution in [-0.2, 0) is 0 Å². The minimum absolute atomic E-state index is 0.0366. The molecule has 2 N–H and O–H groups in total. The SMILES string of the molecule is Cc1ccc2cc(C(=O)N3CC(CO)CCC3C)[nH]c2c1. The van der Waals surface area contributed by atoms with E-state index in [0.29, 0.717) is 12.2 Å². The molecule has 1 aromatic carbocycles. The van der Waals surface area contributed by atoms with Gasteiger partial charge in [0.25, 0.3) is 5.91 Å². The van der Waals surface area contributed by atoms with Crippen molar-refractivity contribution in [2.45, 2.75) is 32.7 Å². The highest BCUT2D eigenvalue weighted by Crippen LogP contribution is 2.25. The van der Waals surface area contributed by atoms with Gasteiger partial charge < -0.3 is 15.0 Å². The molecule has 2 atom stereocenters. The normalized spacial score (nSPS) is 22.7. The van der Waals surface area contributed by atoms with Crippen LogP contribution < -0.4 is 0 Å². The third-order valence-corrected chi connectivity index (χ3v) is 4.51. The molecule has 2 heterocycles. The summed E-state index contributed by atoms with van der Waals surface area (Å²) in [6.07, 6.45) is 1.95. The minimum Gasteiger partial charge on any atom is -0.396 e. The highest BCUT2D eigenvalue weighted by molar-refractivity contribution is 5.98. The van der Waals surface area contributed by atoms with Crippen molar-refractivity contribution in [3.8, 4) is 0 Å². The van der Waals surface area contributed by atoms with Crippen molar-refractivity contribution in [3.63, 3.8) is 0 Å². The van der Waals surface area contributed by atoms with E-state index in [0.717, 1.165) is 23.7 Å². The molecule has 0 radical (unpaired) electrons. The first-order valence-corrected chi connectivity index (χ1v) is 7.59. The number of aliphatic hydroxyl groups is 1. The molecule has 1 fully saturated rings. The van der Waals surface area contributed by atoms with Gasteiger partial charge in [0.05, 0.1) is 0 Å². The quantitative estimate of drug-likeness (QED) is 0.892. The summed E-state index contributed by atoms with van der Waals surface area (Å²) in [5, 5.41) is 10.4. The summed E-state index contributed by atoms with van der Waals surface area (Å²) >= 11 is 0. The number of aryl methyl sites for hydroxylation is 1. The lowest BCUT2D eigenvalue weighted by atomic mass is 9.94. The van der Waals surface area contributed by atoms with Crippen LogP contribution in [-0.4, -0.2) is 40.1 Å². The van der Waals surface area contributed by atoms with Crippen LogP contribution >= 0.6 is 0 Å². The van der Waals surface area contributed by atoms with E-state index < -0.39 is 0 Å². The van der Waals surface area contributed by atoms with Crippen LogP contribution in [0.15, 0.2) is 24.3 Å². The van der Waals surface area contributed by atoms with E-state index >= 15 is 0 Å². The van der Waals surface area contributed by atoms with E-state index in [4.69, 9.17) is 0 Å². The monoisotopic (exact) mass is 286 g/mol. The molecule has 0 saturated carbocycles. The predicted molar refractivity (Wildman–Crippen MR) is 83.3 cm³/mol. The molecule has 0 bridgehead atoms. The number of aromatic nitrogens is 1. The number of nitrogens with one attached hydrogen (secondary N) is 1. The van der Waals surface area contributed by atoms with Crippen molar-refractivity contribution < 1.29 is 9.90 Å². The Bertz CT molecular complexity index is 662. The van der Waals surface area contributed by atoms with E-state index in [9.17, 15) is 9.90 Å². The van der Waals surface area contributed by atoms with Crippen molar-refractivity contribution in [3.05, 3.63) is 35.5 Å². The van der Waals surface area contributed by atoms with Gasteiger partial charge in [-0.05, 0) is 50.3 Å². The van der Waals surface area contributed by atoms with Crippen LogP contribution in [0.4, 0.5) is 0 Å². The number of carbonyl (C=O) groups is 1. The Labute approximate surface area is 124 Å². The smallest absolute Gasteiger partial charge is 0.270 e. The van der Waals surface area contributed by atoms with Gasteiger partial charge in [0.2, 0.25) is 0 Å². The Morgan fingerprint density at radius 3 is 2.95 bits per heavy atom. The van der Waals surface area contributed by atoms with Gasteiger partial charge in [-0.2, -0.15) is 0 Å². The van der Waals surface area contributed by atoms with Crippen molar-refractivity contribution >= 4 is 16.8 Å². The number of rotatable bonds is 2. The van der Waals surface area contributed by atoms with Crippen molar-refractivity contribution in [1.29, 1.82) is 0 Å². The molecule has 0 spiro atoms. The lowest BCUT2D eigenvalue weighted by molar-refractivity contribution is 0.0484. The zero-order valence-electron chi connectivity index (χ0n) is 12.6. The standard InChI is InChI=1S/C17H22N2O2/c1-11-3-6-14-8-16(18-15(14)7-11)17(21)19-9-13(10-20)5-4-12(19)2/h3,6-8,12-13,18,20H,4-5,9-10H2,1-2H3. The molecule has 4 heteroatoms. The molecule has 4 nitrogen and oxygen atoms in total. The highest BCUT2D eigenvalue weighted by Gasteiger charge is 2.29. The second-order valence-corrected chi connectivity index (χ2v) is 6.21. The Morgan fingerprint density at radius 1 is 1.38 bits per heavy atom. The fraction of sp³-hybridized carbons (Fsp3) is 0.471. The van der Waals surface area contributed by atoms with Gasteiger partial charge in [0.15, 0.2) is 0 Å². The Balaban J connectivity index is 1.88. The van der Waals surface area contributed by atoms with Gasteiger partial charge in [0.1, 0.15) is 5.69 Å². The van der Waals surface area contributed by atoms with Crippen LogP contribution in [0.3, 0.4) is 0 Å². The maximum atomic E-state index is 12.7. The minimum atomic E-state index is 0.0366. The number of fused-ring (bicyclic) bond motifs is 1. The fourth-order valence-electron chi connectivity index (χ4n) is 3.13. The molecule has 1 aliphatic rings. The van der Waals surface area contributed by atoms with Crippen LogP contribution in [0.1, 0.15) is 35.8 Å². The molecule has 3 rings (SSSR count). The number of amides is 1. The van der Waals surface area contributed by atoms with Gasteiger partial charge in [-0.15, -0.1) is 0 Å². The molecule has 112 valence electrons. The number of likely N-dealkylation sites (tertiary alicyclic amines) is 1. The van der Waals surface area contributed by atoms with E-state index in [1.165, 1.54) is 5.56 Å². The summed E-state index contributed by atoms with van der Waals surface area (Å²) in [4.78, 5) is 17.9. The summed E-state index contributed by atoms with van der Waals surface area (Å²) < 4.78 is 0. The summed E-state index contributed by atoms with van der Waals surface area (Å²) in [6, 6.07) is 8.30. The topological polar surface area (TPSA) is 56.3 Å². The number of hydrogen-bond acceptors (Lipinski definition) is 2. The molecular weight excluding hydrogens is 264 g/mol. The van der Waals surface area contributed by atoms with Crippen LogP contribution in [0.25, 0.3) is 10.9 Å². The van der Waals surface area contributed by atoms with Gasteiger partial charge in [0, 0.05) is 30.1 Å². The number of benzene rings is 1. The van der Waals surface area contributed by atoms with Crippen LogP contribution in [0, 0.1) is 12.8 Å². The highest BCUT2D eigenvalue weighted by atomic mass is 16.3. The van der Waals surface area contributed by atoms with E-state index in [1.54, 1.807) is 0 Å². The maximum absolute atomic E-state index is 12.7. The zero-order valence-corrected chi connectivity index (χ0v) is 12.6. The molecule has 1 saturated heterocycles. The van der Waals surface area contributed by atoms with Crippen molar-refractivity contribution in [1.82, 2.24) is 9.88 Å². The molecular formula is C17H22N2O2. The Hall–Kier alpha value is -1.81. The Kier molecular flexibility index (Phi) is 3.72. The molecule has 1 amide bonds. The van der Waals surface area contributed by atoms with Gasteiger partial charge in [-0.3, -0.25) is 4.79 Å². The number of carbonyl (C=O) groups excluding carboxylic acids is 1. The number of aliphatic hydroxyl groups excluding tert-OH is 1. The van der Waals surface area contributed by atoms with E-state index in [1.807, 2.05) is 24.0 Å². The molecule has 2 aromatic rings. The number of hydrogen-bond donors (Lipinski definition) is 2. The molecule has 2 unspecified atom stereocenters. The summed E-state index contributed by atoms with van der Waals surface area (Å²) in [5.74, 6) is 0.242. The lowest BCUT2D eigenvalue weighted by Gasteiger charge is -2.37.